The molecule has 0 bridgehead atoms. The Hall–Kier alpha value is -7.81. The summed E-state index contributed by atoms with van der Waals surface area (Å²) < 4.78 is 6.94. The first kappa shape index (κ1) is 33.5. The number of benzene rings is 8. The summed E-state index contributed by atoms with van der Waals surface area (Å²) in [4.78, 5) is 10.6. The van der Waals surface area contributed by atoms with Crippen molar-refractivity contribution in [2.45, 2.75) is 11.6 Å². The van der Waals surface area contributed by atoms with Gasteiger partial charge in [-0.05, 0) is 80.4 Å². The molecule has 272 valence electrons. The van der Waals surface area contributed by atoms with Crippen molar-refractivity contribution in [3.8, 4) is 50.9 Å². The summed E-state index contributed by atoms with van der Waals surface area (Å²) in [6.45, 7) is 0. The quantitative estimate of drug-likeness (QED) is 0.191. The average Bonchev–Trinajstić information content (AvgIpc) is 3.60. The maximum absolute atomic E-state index is 9.73. The van der Waals surface area contributed by atoms with Gasteiger partial charge in [-0.25, -0.2) is 9.98 Å². The highest BCUT2D eigenvalue weighted by atomic mass is 16.5. The number of nitrogens with zero attached hydrogens (tertiary/aromatic N) is 3. The second-order valence-corrected chi connectivity index (χ2v) is 14.8. The van der Waals surface area contributed by atoms with E-state index in [-0.39, 0.29) is 0 Å². The van der Waals surface area contributed by atoms with E-state index in [4.69, 9.17) is 14.7 Å². The highest BCUT2D eigenvalue weighted by molar-refractivity contribution is 6.15. The number of nitriles is 1. The largest absolute Gasteiger partial charge is 0.457 e. The number of aliphatic imine (C=N–C) groups is 2. The fourth-order valence-electron chi connectivity index (χ4n) is 9.02. The first-order valence-corrected chi connectivity index (χ1v) is 19.5. The van der Waals surface area contributed by atoms with Gasteiger partial charge in [-0.3, -0.25) is 0 Å². The van der Waals surface area contributed by atoms with Gasteiger partial charge in [-0.2, -0.15) is 5.26 Å². The van der Waals surface area contributed by atoms with Gasteiger partial charge in [-0.1, -0.05) is 164 Å². The molecule has 58 heavy (non-hydrogen) atoms. The third kappa shape index (κ3) is 5.23. The van der Waals surface area contributed by atoms with Gasteiger partial charge in [0.25, 0.3) is 0 Å². The topological polar surface area (TPSA) is 69.8 Å². The molecule has 2 aliphatic heterocycles. The molecule has 1 N–H and O–H groups in total. The van der Waals surface area contributed by atoms with Crippen LogP contribution in [-0.4, -0.2) is 11.7 Å². The standard InChI is InChI=1S/C53H34N4O/c54-33-34-23-25-37(26-24-34)42-32-49-47(53(46-21-11-12-22-48(46)58-49)44-19-9-7-17-40(44)41-18-8-10-20-45(41)53)31-43(42)52-56-50(38-15-5-2-6-16-38)55-51(57-52)39-29-27-36(28-30-39)35-13-3-1-4-14-35/h1-32,51H,(H,55,56,57). The fraction of sp³-hybridized carbons (Fsp3) is 0.0377. The molecule has 0 amide bonds. The lowest BCUT2D eigenvalue weighted by Gasteiger charge is -2.40. The van der Waals surface area contributed by atoms with Gasteiger partial charge in [0.2, 0.25) is 0 Å². The molecule has 11 rings (SSSR count). The van der Waals surface area contributed by atoms with E-state index in [9.17, 15) is 5.26 Å². The van der Waals surface area contributed by atoms with Crippen molar-refractivity contribution < 1.29 is 4.74 Å². The number of hydrogen-bond donors (Lipinski definition) is 1. The van der Waals surface area contributed by atoms with E-state index in [2.05, 4.69) is 151 Å². The minimum Gasteiger partial charge on any atom is -0.457 e. The first-order valence-electron chi connectivity index (χ1n) is 19.5. The van der Waals surface area contributed by atoms with Crippen molar-refractivity contribution in [2.75, 3.05) is 0 Å². The minimum atomic E-state index is -0.659. The molecule has 8 aromatic carbocycles. The second-order valence-electron chi connectivity index (χ2n) is 14.8. The lowest BCUT2D eigenvalue weighted by molar-refractivity contribution is 0.436. The predicted molar refractivity (Wildman–Crippen MR) is 231 cm³/mol. The Kier molecular flexibility index (Phi) is 7.77. The molecule has 0 aromatic heterocycles. The van der Waals surface area contributed by atoms with Crippen LogP contribution in [0, 0.1) is 11.3 Å². The summed E-state index contributed by atoms with van der Waals surface area (Å²) >= 11 is 0. The molecule has 5 heteroatoms. The van der Waals surface area contributed by atoms with E-state index in [1.54, 1.807) is 0 Å². The molecule has 1 spiro atoms. The summed E-state index contributed by atoms with van der Waals surface area (Å²) in [5.41, 5.74) is 13.9. The van der Waals surface area contributed by atoms with Crippen LogP contribution in [0.4, 0.5) is 0 Å². The zero-order valence-corrected chi connectivity index (χ0v) is 31.3. The molecule has 0 radical (unpaired) electrons. The van der Waals surface area contributed by atoms with Crippen molar-refractivity contribution in [3.63, 3.8) is 0 Å². The molecule has 5 nitrogen and oxygen atoms in total. The minimum absolute atomic E-state index is 0.420. The molecule has 1 aliphatic carbocycles. The SMILES string of the molecule is N#Cc1ccc(-c2cc3c(cc2C2=NC(c4ccccc4)=NC(c4ccc(-c5ccccc5)cc4)N2)C2(c4ccccc4O3)c3ccccc3-c3ccccc32)cc1. The Morgan fingerprint density at radius 3 is 1.72 bits per heavy atom. The van der Waals surface area contributed by atoms with Gasteiger partial charge in [0.15, 0.2) is 5.84 Å². The molecule has 2 heterocycles. The zero-order valence-electron chi connectivity index (χ0n) is 31.3. The van der Waals surface area contributed by atoms with Gasteiger partial charge in [0.1, 0.15) is 23.5 Å². The normalized spacial score (nSPS) is 15.3. The monoisotopic (exact) mass is 742 g/mol. The Bertz CT molecular complexity index is 2950. The van der Waals surface area contributed by atoms with Crippen LogP contribution in [0.3, 0.4) is 0 Å². The number of rotatable bonds is 5. The van der Waals surface area contributed by atoms with E-state index >= 15 is 0 Å². The van der Waals surface area contributed by atoms with Crippen molar-refractivity contribution >= 4 is 11.7 Å². The van der Waals surface area contributed by atoms with Crippen LogP contribution in [0.25, 0.3) is 33.4 Å². The molecule has 0 saturated carbocycles. The Morgan fingerprint density at radius 1 is 0.483 bits per heavy atom. The van der Waals surface area contributed by atoms with Gasteiger partial charge in [-0.15, -0.1) is 0 Å². The van der Waals surface area contributed by atoms with Crippen LogP contribution in [0.1, 0.15) is 50.7 Å². The molecular weight excluding hydrogens is 709 g/mol. The van der Waals surface area contributed by atoms with Crippen LogP contribution in [0.15, 0.2) is 204 Å². The summed E-state index contributed by atoms with van der Waals surface area (Å²) in [5, 5.41) is 13.5. The van der Waals surface area contributed by atoms with Gasteiger partial charge in [0.05, 0.1) is 17.0 Å². The third-order valence-electron chi connectivity index (χ3n) is 11.7. The van der Waals surface area contributed by atoms with Crippen LogP contribution >= 0.6 is 0 Å². The number of para-hydroxylation sites is 1. The number of nitrogens with one attached hydrogen (secondary N) is 1. The van der Waals surface area contributed by atoms with Crippen molar-refractivity contribution in [1.29, 1.82) is 5.26 Å². The first-order chi connectivity index (χ1) is 28.7. The highest BCUT2D eigenvalue weighted by Gasteiger charge is 2.51. The number of fused-ring (bicyclic) bond motifs is 9. The van der Waals surface area contributed by atoms with E-state index in [0.717, 1.165) is 61.6 Å². The molecule has 1 atom stereocenters. The second kappa shape index (κ2) is 13.4. The van der Waals surface area contributed by atoms with E-state index in [1.807, 2.05) is 54.6 Å². The summed E-state index contributed by atoms with van der Waals surface area (Å²) in [6.07, 6.45) is -0.420. The average molecular weight is 743 g/mol. The molecular formula is C53H34N4O. The van der Waals surface area contributed by atoms with Crippen LogP contribution < -0.4 is 10.1 Å². The molecule has 3 aliphatic rings. The Morgan fingerprint density at radius 2 is 1.05 bits per heavy atom. The number of hydrogen-bond acceptors (Lipinski definition) is 5. The van der Waals surface area contributed by atoms with Crippen LogP contribution in [0.5, 0.6) is 11.5 Å². The molecule has 0 fully saturated rings. The Balaban J connectivity index is 1.16. The number of ether oxygens (including phenoxy) is 1. The summed E-state index contributed by atoms with van der Waals surface area (Å²) in [7, 11) is 0. The fourth-order valence-corrected chi connectivity index (χ4v) is 9.02. The van der Waals surface area contributed by atoms with E-state index in [1.165, 1.54) is 22.3 Å². The van der Waals surface area contributed by atoms with Crippen molar-refractivity contribution in [2.24, 2.45) is 9.98 Å². The van der Waals surface area contributed by atoms with Gasteiger partial charge in [0, 0.05) is 22.3 Å². The number of amidine groups is 2. The summed E-state index contributed by atoms with van der Waals surface area (Å²) in [5.74, 6) is 2.94. The molecule has 8 aromatic rings. The van der Waals surface area contributed by atoms with Crippen LogP contribution in [0.2, 0.25) is 0 Å². The van der Waals surface area contributed by atoms with Crippen LogP contribution in [-0.2, 0) is 5.41 Å². The maximum atomic E-state index is 9.73. The highest BCUT2D eigenvalue weighted by Crippen LogP contribution is 2.62. The van der Waals surface area contributed by atoms with Gasteiger partial charge >= 0.3 is 0 Å². The molecule has 0 saturated heterocycles. The van der Waals surface area contributed by atoms with E-state index < -0.39 is 11.6 Å². The van der Waals surface area contributed by atoms with E-state index in [0.29, 0.717) is 17.2 Å². The summed E-state index contributed by atoms with van der Waals surface area (Å²) in [6, 6.07) is 69.6. The molecule has 1 unspecified atom stereocenters. The Labute approximate surface area is 336 Å². The van der Waals surface area contributed by atoms with Crippen molar-refractivity contribution in [3.05, 3.63) is 239 Å². The smallest absolute Gasteiger partial charge is 0.159 e. The van der Waals surface area contributed by atoms with Gasteiger partial charge < -0.3 is 10.1 Å². The lowest BCUT2D eigenvalue weighted by atomic mass is 9.65. The zero-order chi connectivity index (χ0) is 38.6. The lowest BCUT2D eigenvalue weighted by Crippen LogP contribution is -2.36. The predicted octanol–water partition coefficient (Wildman–Crippen LogP) is 11.9. The third-order valence-corrected chi connectivity index (χ3v) is 11.7. The van der Waals surface area contributed by atoms with Crippen molar-refractivity contribution in [1.82, 2.24) is 5.32 Å². The maximum Gasteiger partial charge on any atom is 0.159 e.